The molecule has 0 unspecified atom stereocenters. The second-order valence-electron chi connectivity index (χ2n) is 3.74. The minimum atomic E-state index is 0.716. The molecule has 2 N–H and O–H groups in total. The Morgan fingerprint density at radius 2 is 2.06 bits per heavy atom. The molecular formula is C13H14ClN3. The summed E-state index contributed by atoms with van der Waals surface area (Å²) in [6.45, 7) is 2.02. The fraction of sp³-hybridized carbons (Fsp3) is 0.154. The van der Waals surface area contributed by atoms with Crippen molar-refractivity contribution in [2.75, 3.05) is 17.7 Å². The van der Waals surface area contributed by atoms with Gasteiger partial charge in [-0.05, 0) is 24.6 Å². The zero-order valence-corrected chi connectivity index (χ0v) is 10.5. The van der Waals surface area contributed by atoms with E-state index in [1.165, 1.54) is 0 Å². The van der Waals surface area contributed by atoms with Gasteiger partial charge in [0, 0.05) is 25.0 Å². The molecule has 2 rings (SSSR count). The average Bonchev–Trinajstić information content (AvgIpc) is 2.34. The molecule has 1 heterocycles. The zero-order chi connectivity index (χ0) is 12.3. The Hall–Kier alpha value is -1.74. The summed E-state index contributed by atoms with van der Waals surface area (Å²) in [5, 5.41) is 7.02. The lowest BCUT2D eigenvalue weighted by atomic mass is 10.2. The Bertz CT molecular complexity index is 506. The van der Waals surface area contributed by atoms with Gasteiger partial charge in [-0.25, -0.2) is 4.98 Å². The number of hydrogen-bond acceptors (Lipinski definition) is 3. The molecule has 1 aromatic carbocycles. The van der Waals surface area contributed by atoms with Gasteiger partial charge in [0.15, 0.2) is 0 Å². The van der Waals surface area contributed by atoms with Crippen molar-refractivity contribution in [3.05, 3.63) is 47.1 Å². The van der Waals surface area contributed by atoms with E-state index < -0.39 is 0 Å². The van der Waals surface area contributed by atoms with Crippen molar-refractivity contribution in [3.63, 3.8) is 0 Å². The van der Waals surface area contributed by atoms with Crippen LogP contribution >= 0.6 is 11.6 Å². The molecule has 3 nitrogen and oxygen atoms in total. The van der Waals surface area contributed by atoms with Crippen LogP contribution in [0.3, 0.4) is 0 Å². The highest BCUT2D eigenvalue weighted by molar-refractivity contribution is 6.33. The van der Waals surface area contributed by atoms with Crippen molar-refractivity contribution in [2.45, 2.75) is 6.92 Å². The maximum atomic E-state index is 6.16. The number of rotatable bonds is 3. The number of anilines is 3. The van der Waals surface area contributed by atoms with Crippen LogP contribution in [0.2, 0.25) is 5.02 Å². The molecule has 0 spiro atoms. The first-order valence-electron chi connectivity index (χ1n) is 5.36. The van der Waals surface area contributed by atoms with Crippen LogP contribution in [0.4, 0.5) is 17.2 Å². The van der Waals surface area contributed by atoms with E-state index in [0.29, 0.717) is 5.02 Å². The number of nitrogens with one attached hydrogen (secondary N) is 2. The summed E-state index contributed by atoms with van der Waals surface area (Å²) in [7, 11) is 1.84. The van der Waals surface area contributed by atoms with Crippen LogP contribution in [0.25, 0.3) is 0 Å². The number of benzene rings is 1. The molecule has 0 aliphatic carbocycles. The largest absolute Gasteiger partial charge is 0.373 e. The number of aryl methyl sites for hydroxylation is 1. The van der Waals surface area contributed by atoms with Crippen molar-refractivity contribution in [1.29, 1.82) is 0 Å². The highest BCUT2D eigenvalue weighted by Gasteiger charge is 2.04. The van der Waals surface area contributed by atoms with E-state index in [-0.39, 0.29) is 0 Å². The standard InChI is InChI=1S/C13H14ClN3/c1-9-4-3-5-11(14)13(9)17-10-6-7-16-12(8-10)15-2/h3-8H,1-2H3,(H2,15,16,17). The Balaban J connectivity index is 2.31. The fourth-order valence-corrected chi connectivity index (χ4v) is 1.85. The molecule has 0 radical (unpaired) electrons. The summed E-state index contributed by atoms with van der Waals surface area (Å²) in [5.41, 5.74) is 3.00. The second kappa shape index (κ2) is 5.06. The quantitative estimate of drug-likeness (QED) is 0.866. The molecule has 0 saturated carbocycles. The van der Waals surface area contributed by atoms with Crippen molar-refractivity contribution >= 4 is 28.8 Å². The molecule has 0 atom stereocenters. The predicted molar refractivity (Wildman–Crippen MR) is 73.3 cm³/mol. The van der Waals surface area contributed by atoms with Gasteiger partial charge in [-0.2, -0.15) is 0 Å². The van der Waals surface area contributed by atoms with E-state index >= 15 is 0 Å². The molecule has 1 aromatic heterocycles. The first kappa shape index (κ1) is 11.7. The SMILES string of the molecule is CNc1cc(Nc2c(C)cccc2Cl)ccn1. The molecule has 88 valence electrons. The summed E-state index contributed by atoms with van der Waals surface area (Å²) in [4.78, 5) is 4.16. The summed E-state index contributed by atoms with van der Waals surface area (Å²) < 4.78 is 0. The lowest BCUT2D eigenvalue weighted by molar-refractivity contribution is 1.28. The Kier molecular flexibility index (Phi) is 3.49. The van der Waals surface area contributed by atoms with Crippen LogP contribution in [-0.2, 0) is 0 Å². The maximum Gasteiger partial charge on any atom is 0.127 e. The Labute approximate surface area is 106 Å². The van der Waals surface area contributed by atoms with Crippen molar-refractivity contribution in [2.24, 2.45) is 0 Å². The van der Waals surface area contributed by atoms with E-state index in [1.807, 2.05) is 44.3 Å². The van der Waals surface area contributed by atoms with Gasteiger partial charge < -0.3 is 10.6 Å². The topological polar surface area (TPSA) is 37.0 Å². The maximum absolute atomic E-state index is 6.16. The average molecular weight is 248 g/mol. The van der Waals surface area contributed by atoms with Gasteiger partial charge in [0.1, 0.15) is 5.82 Å². The number of halogens is 1. The van der Waals surface area contributed by atoms with E-state index in [4.69, 9.17) is 11.6 Å². The molecule has 4 heteroatoms. The van der Waals surface area contributed by atoms with E-state index in [9.17, 15) is 0 Å². The number of nitrogens with zero attached hydrogens (tertiary/aromatic N) is 1. The van der Waals surface area contributed by atoms with Crippen molar-refractivity contribution in [1.82, 2.24) is 4.98 Å². The second-order valence-corrected chi connectivity index (χ2v) is 4.14. The number of para-hydroxylation sites is 1. The van der Waals surface area contributed by atoms with Gasteiger partial charge in [0.2, 0.25) is 0 Å². The molecule has 0 saturated heterocycles. The summed E-state index contributed by atoms with van der Waals surface area (Å²) in [6.07, 6.45) is 1.75. The monoisotopic (exact) mass is 247 g/mol. The van der Waals surface area contributed by atoms with Crippen molar-refractivity contribution < 1.29 is 0 Å². The normalized spacial score (nSPS) is 10.1. The lowest BCUT2D eigenvalue weighted by Gasteiger charge is -2.12. The van der Waals surface area contributed by atoms with Crippen LogP contribution in [0.1, 0.15) is 5.56 Å². The van der Waals surface area contributed by atoms with E-state index in [0.717, 1.165) is 22.8 Å². The van der Waals surface area contributed by atoms with Gasteiger partial charge in [-0.3, -0.25) is 0 Å². The third-order valence-corrected chi connectivity index (χ3v) is 2.82. The van der Waals surface area contributed by atoms with Crippen LogP contribution < -0.4 is 10.6 Å². The van der Waals surface area contributed by atoms with Crippen LogP contribution in [0, 0.1) is 6.92 Å². The lowest BCUT2D eigenvalue weighted by Crippen LogP contribution is -1.97. The van der Waals surface area contributed by atoms with Gasteiger partial charge >= 0.3 is 0 Å². The molecule has 0 aliphatic heterocycles. The molecule has 0 fully saturated rings. The molecule has 0 amide bonds. The first-order chi connectivity index (χ1) is 8.20. The summed E-state index contributed by atoms with van der Waals surface area (Å²) >= 11 is 6.16. The van der Waals surface area contributed by atoms with Crippen molar-refractivity contribution in [3.8, 4) is 0 Å². The molecule has 0 bridgehead atoms. The fourth-order valence-electron chi connectivity index (χ4n) is 1.58. The minimum Gasteiger partial charge on any atom is -0.373 e. The van der Waals surface area contributed by atoms with Crippen LogP contribution in [0.15, 0.2) is 36.5 Å². The highest BCUT2D eigenvalue weighted by Crippen LogP contribution is 2.28. The number of aromatic nitrogens is 1. The van der Waals surface area contributed by atoms with Crippen LogP contribution in [0.5, 0.6) is 0 Å². The molecule has 2 aromatic rings. The third kappa shape index (κ3) is 2.68. The van der Waals surface area contributed by atoms with E-state index in [1.54, 1.807) is 6.20 Å². The van der Waals surface area contributed by atoms with E-state index in [2.05, 4.69) is 15.6 Å². The smallest absolute Gasteiger partial charge is 0.127 e. The highest BCUT2D eigenvalue weighted by atomic mass is 35.5. The van der Waals surface area contributed by atoms with Gasteiger partial charge in [0.05, 0.1) is 10.7 Å². The van der Waals surface area contributed by atoms with Gasteiger partial charge in [-0.15, -0.1) is 0 Å². The summed E-state index contributed by atoms with van der Waals surface area (Å²) in [6, 6.07) is 9.67. The Morgan fingerprint density at radius 3 is 2.76 bits per heavy atom. The first-order valence-corrected chi connectivity index (χ1v) is 5.74. The third-order valence-electron chi connectivity index (χ3n) is 2.51. The Morgan fingerprint density at radius 1 is 1.24 bits per heavy atom. The summed E-state index contributed by atoms with van der Waals surface area (Å²) in [5.74, 6) is 0.819. The number of hydrogen-bond donors (Lipinski definition) is 2. The molecule has 0 aliphatic rings. The minimum absolute atomic E-state index is 0.716. The molecular weight excluding hydrogens is 234 g/mol. The van der Waals surface area contributed by atoms with Gasteiger partial charge in [0.25, 0.3) is 0 Å². The number of pyridine rings is 1. The molecule has 17 heavy (non-hydrogen) atoms. The predicted octanol–water partition coefficient (Wildman–Crippen LogP) is 3.83. The van der Waals surface area contributed by atoms with Gasteiger partial charge in [-0.1, -0.05) is 23.7 Å². The zero-order valence-electron chi connectivity index (χ0n) is 9.79. The van der Waals surface area contributed by atoms with Crippen LogP contribution in [-0.4, -0.2) is 12.0 Å².